The van der Waals surface area contributed by atoms with Gasteiger partial charge in [-0.05, 0) is 37.3 Å². The van der Waals surface area contributed by atoms with Crippen molar-refractivity contribution in [1.29, 1.82) is 0 Å². The van der Waals surface area contributed by atoms with Crippen LogP contribution in [0.1, 0.15) is 18.9 Å². The molecule has 0 aliphatic rings. The molecule has 6 heteroatoms. The van der Waals surface area contributed by atoms with Crippen molar-refractivity contribution in [1.82, 2.24) is 9.97 Å². The Balaban J connectivity index is 1.95. The van der Waals surface area contributed by atoms with Gasteiger partial charge in [0.2, 0.25) is 0 Å². The largest absolute Gasteiger partial charge is 0.481 e. The molecule has 0 aliphatic carbocycles. The van der Waals surface area contributed by atoms with Gasteiger partial charge in [0.15, 0.2) is 11.9 Å². The van der Waals surface area contributed by atoms with Crippen molar-refractivity contribution >= 4 is 34.1 Å². The maximum Gasteiger partial charge on any atom is 0.258 e. The smallest absolute Gasteiger partial charge is 0.258 e. The number of fused-ring (bicyclic) bond motifs is 1. The van der Waals surface area contributed by atoms with E-state index >= 15 is 0 Å². The number of nitrogens with one attached hydrogen (secondary N) is 1. The van der Waals surface area contributed by atoms with Crippen LogP contribution in [0.5, 0.6) is 5.75 Å². The molecule has 2 aromatic carbocycles. The van der Waals surface area contributed by atoms with Crippen molar-refractivity contribution in [2.45, 2.75) is 13.0 Å². The SMILES string of the molecule is C[C@@H](Oc1ccc(Cl)cc1Cl)c1nc2ccccc2c(=O)[nH]1. The standard InChI is InChI=1S/C16H12Cl2N2O2/c1-9(22-14-7-6-10(17)8-12(14)18)15-19-13-5-3-2-4-11(13)16(21)20-15/h2-9H,1H3,(H,19,20,21)/t9-/m1/s1. The van der Waals surface area contributed by atoms with Crippen LogP contribution >= 0.6 is 23.2 Å². The minimum absolute atomic E-state index is 0.196. The van der Waals surface area contributed by atoms with E-state index in [1.807, 2.05) is 6.07 Å². The van der Waals surface area contributed by atoms with Crippen molar-refractivity contribution in [2.24, 2.45) is 0 Å². The molecule has 0 saturated carbocycles. The van der Waals surface area contributed by atoms with Gasteiger partial charge in [0.25, 0.3) is 5.56 Å². The van der Waals surface area contributed by atoms with Gasteiger partial charge < -0.3 is 9.72 Å². The molecule has 112 valence electrons. The minimum Gasteiger partial charge on any atom is -0.481 e. The number of nitrogens with zero attached hydrogens (tertiary/aromatic N) is 1. The monoisotopic (exact) mass is 334 g/mol. The number of benzene rings is 2. The summed E-state index contributed by atoms with van der Waals surface area (Å²) in [4.78, 5) is 19.2. The summed E-state index contributed by atoms with van der Waals surface area (Å²) >= 11 is 11.9. The van der Waals surface area contributed by atoms with Crippen molar-refractivity contribution in [2.75, 3.05) is 0 Å². The summed E-state index contributed by atoms with van der Waals surface area (Å²) < 4.78 is 5.77. The molecule has 0 radical (unpaired) electrons. The number of aromatic amines is 1. The molecule has 1 N–H and O–H groups in total. The lowest BCUT2D eigenvalue weighted by Crippen LogP contribution is -2.16. The number of ether oxygens (including phenoxy) is 1. The molecule has 0 fully saturated rings. The van der Waals surface area contributed by atoms with E-state index in [0.717, 1.165) is 0 Å². The molecule has 1 atom stereocenters. The Morgan fingerprint density at radius 3 is 2.73 bits per heavy atom. The lowest BCUT2D eigenvalue weighted by molar-refractivity contribution is 0.217. The van der Waals surface area contributed by atoms with Gasteiger partial charge >= 0.3 is 0 Å². The second-order valence-electron chi connectivity index (χ2n) is 4.80. The fraction of sp³-hybridized carbons (Fsp3) is 0.125. The lowest BCUT2D eigenvalue weighted by atomic mass is 10.2. The molecule has 0 saturated heterocycles. The highest BCUT2D eigenvalue weighted by atomic mass is 35.5. The van der Waals surface area contributed by atoms with Crippen LogP contribution in [0.2, 0.25) is 10.0 Å². The number of halogens is 2. The van der Waals surface area contributed by atoms with Crippen molar-refractivity contribution in [3.8, 4) is 5.75 Å². The average molecular weight is 335 g/mol. The molecule has 0 aliphatic heterocycles. The molecule has 22 heavy (non-hydrogen) atoms. The lowest BCUT2D eigenvalue weighted by Gasteiger charge is -2.15. The van der Waals surface area contributed by atoms with Crippen LogP contribution in [-0.2, 0) is 0 Å². The first kappa shape index (κ1) is 14.9. The van der Waals surface area contributed by atoms with E-state index < -0.39 is 6.10 Å². The topological polar surface area (TPSA) is 55.0 Å². The molecule has 1 aromatic heterocycles. The van der Waals surface area contributed by atoms with E-state index in [2.05, 4.69) is 9.97 Å². The minimum atomic E-state index is -0.462. The second-order valence-corrected chi connectivity index (χ2v) is 5.65. The van der Waals surface area contributed by atoms with Crippen molar-refractivity contribution in [3.05, 3.63) is 68.7 Å². The number of H-pyrrole nitrogens is 1. The summed E-state index contributed by atoms with van der Waals surface area (Å²) in [5, 5.41) is 1.48. The first-order valence-corrected chi connectivity index (χ1v) is 7.41. The van der Waals surface area contributed by atoms with Crippen molar-refractivity contribution < 1.29 is 4.74 Å². The first-order valence-electron chi connectivity index (χ1n) is 6.65. The van der Waals surface area contributed by atoms with Crippen LogP contribution in [0.25, 0.3) is 10.9 Å². The quantitative estimate of drug-likeness (QED) is 0.773. The molecule has 1 heterocycles. The zero-order chi connectivity index (χ0) is 15.7. The highest BCUT2D eigenvalue weighted by Crippen LogP contribution is 2.30. The fourth-order valence-electron chi connectivity index (χ4n) is 2.11. The highest BCUT2D eigenvalue weighted by Gasteiger charge is 2.14. The van der Waals surface area contributed by atoms with Crippen LogP contribution in [0, 0.1) is 0 Å². The van der Waals surface area contributed by atoms with Crippen LogP contribution < -0.4 is 10.3 Å². The number of aromatic nitrogens is 2. The fourth-order valence-corrected chi connectivity index (χ4v) is 2.57. The number of hydrogen-bond acceptors (Lipinski definition) is 3. The normalized spacial score (nSPS) is 12.3. The van der Waals surface area contributed by atoms with E-state index in [9.17, 15) is 4.79 Å². The first-order chi connectivity index (χ1) is 10.5. The van der Waals surface area contributed by atoms with Crippen LogP contribution in [0.4, 0.5) is 0 Å². The summed E-state index contributed by atoms with van der Waals surface area (Å²) in [6.45, 7) is 1.79. The molecule has 4 nitrogen and oxygen atoms in total. The van der Waals surface area contributed by atoms with E-state index in [1.54, 1.807) is 43.3 Å². The number of rotatable bonds is 3. The third kappa shape index (κ3) is 2.93. The number of para-hydroxylation sites is 1. The van der Waals surface area contributed by atoms with Crippen LogP contribution in [-0.4, -0.2) is 9.97 Å². The van der Waals surface area contributed by atoms with Gasteiger partial charge in [-0.3, -0.25) is 4.79 Å². The summed E-state index contributed by atoms with van der Waals surface area (Å²) in [6.07, 6.45) is -0.462. The molecule has 3 rings (SSSR count). The molecular weight excluding hydrogens is 323 g/mol. The summed E-state index contributed by atoms with van der Waals surface area (Å²) in [6, 6.07) is 12.1. The Bertz CT molecular complexity index is 893. The summed E-state index contributed by atoms with van der Waals surface area (Å²) in [5.74, 6) is 0.920. The van der Waals surface area contributed by atoms with Gasteiger partial charge in [0.1, 0.15) is 5.75 Å². The third-order valence-corrected chi connectivity index (χ3v) is 3.74. The Labute approximate surface area is 136 Å². The van der Waals surface area contributed by atoms with Crippen LogP contribution in [0.3, 0.4) is 0 Å². The Morgan fingerprint density at radius 2 is 1.95 bits per heavy atom. The zero-order valence-corrected chi connectivity index (χ0v) is 13.2. The highest BCUT2D eigenvalue weighted by molar-refractivity contribution is 6.35. The molecule has 0 amide bonds. The van der Waals surface area contributed by atoms with Gasteiger partial charge in [-0.1, -0.05) is 35.3 Å². The predicted molar refractivity (Wildman–Crippen MR) is 87.9 cm³/mol. The van der Waals surface area contributed by atoms with Gasteiger partial charge in [0.05, 0.1) is 15.9 Å². The maximum atomic E-state index is 12.1. The Morgan fingerprint density at radius 1 is 1.18 bits per heavy atom. The Hall–Kier alpha value is -2.04. The van der Waals surface area contributed by atoms with Crippen molar-refractivity contribution in [3.63, 3.8) is 0 Å². The maximum absolute atomic E-state index is 12.1. The van der Waals surface area contributed by atoms with E-state index in [4.69, 9.17) is 27.9 Å². The summed E-state index contributed by atoms with van der Waals surface area (Å²) in [5.41, 5.74) is 0.428. The molecular formula is C16H12Cl2N2O2. The summed E-state index contributed by atoms with van der Waals surface area (Å²) in [7, 11) is 0. The van der Waals surface area contributed by atoms with Gasteiger partial charge in [-0.2, -0.15) is 0 Å². The molecule has 3 aromatic rings. The van der Waals surface area contributed by atoms with E-state index in [0.29, 0.717) is 32.5 Å². The zero-order valence-electron chi connectivity index (χ0n) is 11.6. The van der Waals surface area contributed by atoms with Gasteiger partial charge in [-0.15, -0.1) is 0 Å². The second kappa shape index (κ2) is 5.99. The number of hydrogen-bond donors (Lipinski definition) is 1. The van der Waals surface area contributed by atoms with E-state index in [1.165, 1.54) is 0 Å². The third-order valence-electron chi connectivity index (χ3n) is 3.21. The van der Waals surface area contributed by atoms with Gasteiger partial charge in [0, 0.05) is 5.02 Å². The Kier molecular flexibility index (Phi) is 4.05. The van der Waals surface area contributed by atoms with E-state index in [-0.39, 0.29) is 5.56 Å². The molecule has 0 bridgehead atoms. The van der Waals surface area contributed by atoms with Gasteiger partial charge in [-0.25, -0.2) is 4.98 Å². The average Bonchev–Trinajstić information content (AvgIpc) is 2.50. The van der Waals surface area contributed by atoms with Crippen LogP contribution in [0.15, 0.2) is 47.3 Å². The molecule has 0 spiro atoms. The molecule has 0 unspecified atom stereocenters. The predicted octanol–water partition coefficient (Wildman–Crippen LogP) is 4.37.